The summed E-state index contributed by atoms with van der Waals surface area (Å²) in [6.45, 7) is 3.95. The third-order valence-electron chi connectivity index (χ3n) is 2.96. The number of carboxylic acids is 1. The molecule has 3 nitrogen and oxygen atoms in total. The second-order valence-electron chi connectivity index (χ2n) is 4.31. The van der Waals surface area contributed by atoms with Gasteiger partial charge in [0.1, 0.15) is 0 Å². The predicted octanol–water partition coefficient (Wildman–Crippen LogP) is 3.85. The first-order valence-corrected chi connectivity index (χ1v) is 6.22. The van der Waals surface area contributed by atoms with Crippen LogP contribution >= 0.6 is 11.6 Å². The Morgan fingerprint density at radius 1 is 1.26 bits per heavy atom. The minimum atomic E-state index is -0.948. The summed E-state index contributed by atoms with van der Waals surface area (Å²) >= 11 is 5.88. The standard InChI is InChI=1S/C15H14ClNO2/c1-10-9-12(3-8-15(18)19)11(2)17(10)14-6-4-13(16)5-7-14/h3-9H,1-2H3,(H,18,19). The van der Waals surface area contributed by atoms with Gasteiger partial charge >= 0.3 is 5.97 Å². The van der Waals surface area contributed by atoms with E-state index in [0.29, 0.717) is 5.02 Å². The molecule has 0 unspecified atom stereocenters. The van der Waals surface area contributed by atoms with Crippen LogP contribution in [-0.2, 0) is 4.79 Å². The molecule has 0 amide bonds. The molecule has 0 radical (unpaired) electrons. The van der Waals surface area contributed by atoms with Crippen LogP contribution in [0.3, 0.4) is 0 Å². The van der Waals surface area contributed by atoms with Crippen LogP contribution < -0.4 is 0 Å². The second-order valence-corrected chi connectivity index (χ2v) is 4.75. The highest BCUT2D eigenvalue weighted by Gasteiger charge is 2.08. The predicted molar refractivity (Wildman–Crippen MR) is 76.9 cm³/mol. The average molecular weight is 276 g/mol. The number of benzene rings is 1. The number of aliphatic carboxylic acids is 1. The summed E-state index contributed by atoms with van der Waals surface area (Å²) < 4.78 is 2.07. The van der Waals surface area contributed by atoms with Crippen molar-refractivity contribution >= 4 is 23.6 Å². The van der Waals surface area contributed by atoms with Crippen molar-refractivity contribution < 1.29 is 9.90 Å². The molecule has 2 aromatic rings. The molecule has 0 aliphatic heterocycles. The topological polar surface area (TPSA) is 42.2 Å². The Balaban J connectivity index is 2.47. The summed E-state index contributed by atoms with van der Waals surface area (Å²) in [4.78, 5) is 10.6. The highest BCUT2D eigenvalue weighted by Crippen LogP contribution is 2.22. The van der Waals surface area contributed by atoms with E-state index in [9.17, 15) is 4.79 Å². The molecule has 0 saturated carbocycles. The van der Waals surface area contributed by atoms with E-state index in [4.69, 9.17) is 16.7 Å². The van der Waals surface area contributed by atoms with E-state index in [0.717, 1.165) is 28.7 Å². The Morgan fingerprint density at radius 2 is 1.89 bits per heavy atom. The molecule has 1 aromatic heterocycles. The third-order valence-corrected chi connectivity index (χ3v) is 3.21. The zero-order valence-electron chi connectivity index (χ0n) is 10.7. The number of carbonyl (C=O) groups is 1. The fraction of sp³-hybridized carbons (Fsp3) is 0.133. The molecular weight excluding hydrogens is 262 g/mol. The van der Waals surface area contributed by atoms with Crippen molar-refractivity contribution in [2.45, 2.75) is 13.8 Å². The molecule has 1 aromatic carbocycles. The number of halogens is 1. The number of carboxylic acid groups (broad SMARTS) is 1. The van der Waals surface area contributed by atoms with E-state index in [-0.39, 0.29) is 0 Å². The Kier molecular flexibility index (Phi) is 3.76. The van der Waals surface area contributed by atoms with E-state index < -0.39 is 5.97 Å². The maximum atomic E-state index is 10.6. The van der Waals surface area contributed by atoms with Crippen LogP contribution in [0.4, 0.5) is 0 Å². The zero-order chi connectivity index (χ0) is 14.0. The molecule has 1 heterocycles. The van der Waals surface area contributed by atoms with Crippen LogP contribution in [0.15, 0.2) is 36.4 Å². The molecule has 1 N–H and O–H groups in total. The van der Waals surface area contributed by atoms with E-state index in [1.54, 1.807) is 6.08 Å². The molecular formula is C15H14ClNO2. The van der Waals surface area contributed by atoms with E-state index in [1.165, 1.54) is 0 Å². The fourth-order valence-corrected chi connectivity index (χ4v) is 2.23. The van der Waals surface area contributed by atoms with Gasteiger partial charge in [-0.25, -0.2) is 4.79 Å². The van der Waals surface area contributed by atoms with Crippen molar-refractivity contribution in [1.82, 2.24) is 4.57 Å². The van der Waals surface area contributed by atoms with Crippen LogP contribution in [0.25, 0.3) is 11.8 Å². The van der Waals surface area contributed by atoms with Gasteiger partial charge in [0.2, 0.25) is 0 Å². The highest BCUT2D eigenvalue weighted by molar-refractivity contribution is 6.30. The molecule has 0 bridgehead atoms. The number of nitrogens with zero attached hydrogens (tertiary/aromatic N) is 1. The van der Waals surface area contributed by atoms with Gasteiger partial charge in [0, 0.05) is 28.2 Å². The summed E-state index contributed by atoms with van der Waals surface area (Å²) in [6.07, 6.45) is 2.76. The van der Waals surface area contributed by atoms with Crippen LogP contribution in [0.5, 0.6) is 0 Å². The van der Waals surface area contributed by atoms with Gasteiger partial charge in [-0.15, -0.1) is 0 Å². The first-order chi connectivity index (χ1) is 8.99. The van der Waals surface area contributed by atoms with Gasteiger partial charge in [-0.1, -0.05) is 11.6 Å². The van der Waals surface area contributed by atoms with Crippen LogP contribution in [0.2, 0.25) is 5.02 Å². The molecule has 0 spiro atoms. The Hall–Kier alpha value is -2.00. The molecule has 0 fully saturated rings. The van der Waals surface area contributed by atoms with Crippen molar-refractivity contribution in [3.63, 3.8) is 0 Å². The smallest absolute Gasteiger partial charge is 0.328 e. The lowest BCUT2D eigenvalue weighted by Gasteiger charge is -2.09. The van der Waals surface area contributed by atoms with Crippen LogP contribution in [-0.4, -0.2) is 15.6 Å². The van der Waals surface area contributed by atoms with Crippen molar-refractivity contribution in [3.8, 4) is 5.69 Å². The normalized spacial score (nSPS) is 11.1. The first-order valence-electron chi connectivity index (χ1n) is 5.85. The maximum Gasteiger partial charge on any atom is 0.328 e. The van der Waals surface area contributed by atoms with Gasteiger partial charge < -0.3 is 9.67 Å². The highest BCUT2D eigenvalue weighted by atomic mass is 35.5. The first kappa shape index (κ1) is 13.4. The van der Waals surface area contributed by atoms with E-state index in [1.807, 2.05) is 44.2 Å². The van der Waals surface area contributed by atoms with Crippen LogP contribution in [0, 0.1) is 13.8 Å². The van der Waals surface area contributed by atoms with Crippen molar-refractivity contribution in [2.75, 3.05) is 0 Å². The minimum Gasteiger partial charge on any atom is -0.478 e. The van der Waals surface area contributed by atoms with Gasteiger partial charge in [0.25, 0.3) is 0 Å². The maximum absolute atomic E-state index is 10.6. The molecule has 0 saturated heterocycles. The molecule has 2 rings (SSSR count). The second kappa shape index (κ2) is 5.33. The Labute approximate surface area is 116 Å². The summed E-state index contributed by atoms with van der Waals surface area (Å²) in [5, 5.41) is 9.37. The van der Waals surface area contributed by atoms with Crippen molar-refractivity contribution in [3.05, 3.63) is 58.4 Å². The fourth-order valence-electron chi connectivity index (χ4n) is 2.10. The van der Waals surface area contributed by atoms with E-state index in [2.05, 4.69) is 4.57 Å². The summed E-state index contributed by atoms with van der Waals surface area (Å²) in [7, 11) is 0. The Morgan fingerprint density at radius 3 is 2.47 bits per heavy atom. The van der Waals surface area contributed by atoms with Gasteiger partial charge in [-0.05, 0) is 55.8 Å². The molecule has 19 heavy (non-hydrogen) atoms. The van der Waals surface area contributed by atoms with Crippen molar-refractivity contribution in [1.29, 1.82) is 0 Å². The monoisotopic (exact) mass is 275 g/mol. The van der Waals surface area contributed by atoms with Crippen molar-refractivity contribution in [2.24, 2.45) is 0 Å². The number of aryl methyl sites for hydroxylation is 1. The molecule has 0 atom stereocenters. The SMILES string of the molecule is Cc1cc(C=CC(=O)O)c(C)n1-c1ccc(Cl)cc1. The minimum absolute atomic E-state index is 0.692. The summed E-state index contributed by atoms with van der Waals surface area (Å²) in [5.41, 5.74) is 3.95. The number of hydrogen-bond acceptors (Lipinski definition) is 1. The molecule has 0 aliphatic carbocycles. The van der Waals surface area contributed by atoms with Gasteiger partial charge in [0.15, 0.2) is 0 Å². The van der Waals surface area contributed by atoms with Gasteiger partial charge in [-0.2, -0.15) is 0 Å². The van der Waals surface area contributed by atoms with Crippen LogP contribution in [0.1, 0.15) is 17.0 Å². The lowest BCUT2D eigenvalue weighted by molar-refractivity contribution is -0.131. The zero-order valence-corrected chi connectivity index (χ0v) is 11.5. The third kappa shape index (κ3) is 2.88. The summed E-state index contributed by atoms with van der Waals surface area (Å²) in [6, 6.07) is 9.51. The number of hydrogen-bond donors (Lipinski definition) is 1. The number of rotatable bonds is 3. The largest absolute Gasteiger partial charge is 0.478 e. The van der Waals surface area contributed by atoms with Gasteiger partial charge in [0.05, 0.1) is 0 Å². The lowest BCUT2D eigenvalue weighted by Crippen LogP contribution is -1.98. The number of aromatic nitrogens is 1. The molecule has 98 valence electrons. The summed E-state index contributed by atoms with van der Waals surface area (Å²) in [5.74, 6) is -0.948. The Bertz CT molecular complexity index is 639. The molecule has 4 heteroatoms. The average Bonchev–Trinajstić information content (AvgIpc) is 2.63. The quantitative estimate of drug-likeness (QED) is 0.865. The lowest BCUT2D eigenvalue weighted by atomic mass is 10.2. The van der Waals surface area contributed by atoms with E-state index >= 15 is 0 Å². The molecule has 0 aliphatic rings. The van der Waals surface area contributed by atoms with Gasteiger partial charge in [-0.3, -0.25) is 0 Å².